The summed E-state index contributed by atoms with van der Waals surface area (Å²) in [4.78, 5) is 27.0. The molecule has 1 amide bonds. The van der Waals surface area contributed by atoms with Crippen molar-refractivity contribution in [2.24, 2.45) is 0 Å². The summed E-state index contributed by atoms with van der Waals surface area (Å²) in [5, 5.41) is 2.96. The smallest absolute Gasteiger partial charge is 0.287 e. The van der Waals surface area contributed by atoms with E-state index in [4.69, 9.17) is 4.42 Å². The predicted molar refractivity (Wildman–Crippen MR) is 100 cm³/mol. The number of hydrogen-bond acceptors (Lipinski definition) is 4. The van der Waals surface area contributed by atoms with E-state index in [1.54, 1.807) is 6.92 Å². The largest absolute Gasteiger partial charge is 0.455 e. The quantitative estimate of drug-likeness (QED) is 0.917. The fourth-order valence-electron chi connectivity index (χ4n) is 4.21. The number of para-hydroxylation sites is 1. The molecule has 2 aromatic rings. The van der Waals surface area contributed by atoms with Crippen LogP contribution in [0.2, 0.25) is 0 Å². The minimum absolute atomic E-state index is 0.0917. The summed E-state index contributed by atoms with van der Waals surface area (Å²) in [6.07, 6.45) is 3.11. The number of aryl methyl sites for hydroxylation is 1. The summed E-state index contributed by atoms with van der Waals surface area (Å²) in [6, 6.07) is 8.85. The zero-order chi connectivity index (χ0) is 18.3. The Labute approximate surface area is 153 Å². The van der Waals surface area contributed by atoms with Crippen LogP contribution >= 0.6 is 0 Å². The molecule has 4 rings (SSSR count). The van der Waals surface area contributed by atoms with E-state index in [0.29, 0.717) is 41.7 Å². The Morgan fingerprint density at radius 1 is 1.31 bits per heavy atom. The monoisotopic (exact) mass is 352 g/mol. The molecule has 5 nitrogen and oxygen atoms in total. The van der Waals surface area contributed by atoms with Crippen LogP contribution in [0.3, 0.4) is 0 Å². The minimum atomic E-state index is -0.232. The number of fused-ring (bicyclic) bond motifs is 2. The number of nitrogens with zero attached hydrogens (tertiary/aromatic N) is 1. The van der Waals surface area contributed by atoms with Crippen LogP contribution in [-0.4, -0.2) is 30.8 Å². The average molecular weight is 352 g/mol. The molecule has 2 aliphatic rings. The molecule has 0 fully saturated rings. The molecule has 1 aliphatic heterocycles. The van der Waals surface area contributed by atoms with Crippen molar-refractivity contribution in [3.8, 4) is 0 Å². The van der Waals surface area contributed by atoms with Crippen LogP contribution in [-0.2, 0) is 12.8 Å². The topological polar surface area (TPSA) is 62.6 Å². The molecule has 5 heteroatoms. The Bertz CT molecular complexity index is 868. The third-order valence-electron chi connectivity index (χ3n) is 5.50. The van der Waals surface area contributed by atoms with Crippen LogP contribution in [0.4, 0.5) is 5.69 Å². The van der Waals surface area contributed by atoms with Crippen molar-refractivity contribution >= 4 is 17.4 Å². The van der Waals surface area contributed by atoms with E-state index in [1.165, 1.54) is 11.3 Å². The van der Waals surface area contributed by atoms with Crippen LogP contribution in [0.25, 0.3) is 0 Å². The van der Waals surface area contributed by atoms with E-state index in [1.807, 2.05) is 0 Å². The van der Waals surface area contributed by atoms with Gasteiger partial charge in [-0.05, 0) is 38.3 Å². The SMILES string of the molecule is Cc1c(C(=O)NCCN2c3ccccc3C[C@@H]2C)oc2c1C(=O)CCC2. The van der Waals surface area contributed by atoms with Crippen LogP contribution < -0.4 is 10.2 Å². The first kappa shape index (κ1) is 16.9. The van der Waals surface area contributed by atoms with E-state index < -0.39 is 0 Å². The van der Waals surface area contributed by atoms with Crippen molar-refractivity contribution in [2.75, 3.05) is 18.0 Å². The van der Waals surface area contributed by atoms with Crippen molar-refractivity contribution in [3.05, 3.63) is 52.5 Å². The minimum Gasteiger partial charge on any atom is -0.455 e. The lowest BCUT2D eigenvalue weighted by Crippen LogP contribution is -2.37. The lowest BCUT2D eigenvalue weighted by Gasteiger charge is -2.24. The molecule has 136 valence electrons. The number of anilines is 1. The lowest BCUT2D eigenvalue weighted by atomic mass is 9.94. The van der Waals surface area contributed by atoms with Crippen molar-refractivity contribution in [2.45, 2.75) is 45.6 Å². The number of carbonyl (C=O) groups is 2. The summed E-state index contributed by atoms with van der Waals surface area (Å²) >= 11 is 0. The highest BCUT2D eigenvalue weighted by Gasteiger charge is 2.29. The third-order valence-corrected chi connectivity index (χ3v) is 5.50. The second-order valence-electron chi connectivity index (χ2n) is 7.26. The number of amides is 1. The average Bonchev–Trinajstić information content (AvgIpc) is 3.13. The maximum absolute atomic E-state index is 12.6. The van der Waals surface area contributed by atoms with Crippen LogP contribution in [0, 0.1) is 6.92 Å². The molecule has 26 heavy (non-hydrogen) atoms. The number of rotatable bonds is 4. The molecule has 1 aliphatic carbocycles. The molecule has 1 atom stereocenters. The first-order valence-corrected chi connectivity index (χ1v) is 9.34. The molecular weight excluding hydrogens is 328 g/mol. The highest BCUT2D eigenvalue weighted by Crippen LogP contribution is 2.31. The van der Waals surface area contributed by atoms with Gasteiger partial charge in [-0.25, -0.2) is 0 Å². The van der Waals surface area contributed by atoms with Crippen molar-refractivity contribution in [1.82, 2.24) is 5.32 Å². The summed E-state index contributed by atoms with van der Waals surface area (Å²) in [6.45, 7) is 5.30. The Hall–Kier alpha value is -2.56. The van der Waals surface area contributed by atoms with Gasteiger partial charge in [0.15, 0.2) is 11.5 Å². The molecule has 0 saturated carbocycles. The lowest BCUT2D eigenvalue weighted by molar-refractivity contribution is 0.0920. The van der Waals surface area contributed by atoms with Crippen LogP contribution in [0.15, 0.2) is 28.7 Å². The van der Waals surface area contributed by atoms with E-state index >= 15 is 0 Å². The Balaban J connectivity index is 1.42. The molecule has 0 radical (unpaired) electrons. The number of hydrogen-bond donors (Lipinski definition) is 1. The van der Waals surface area contributed by atoms with Gasteiger partial charge in [0.2, 0.25) is 0 Å². The Morgan fingerprint density at radius 2 is 2.12 bits per heavy atom. The van der Waals surface area contributed by atoms with E-state index in [9.17, 15) is 9.59 Å². The first-order valence-electron chi connectivity index (χ1n) is 9.34. The van der Waals surface area contributed by atoms with E-state index in [2.05, 4.69) is 41.4 Å². The van der Waals surface area contributed by atoms with E-state index in [-0.39, 0.29) is 11.7 Å². The van der Waals surface area contributed by atoms with Crippen molar-refractivity contribution < 1.29 is 14.0 Å². The summed E-state index contributed by atoms with van der Waals surface area (Å²) in [7, 11) is 0. The fourth-order valence-corrected chi connectivity index (χ4v) is 4.21. The van der Waals surface area contributed by atoms with Gasteiger partial charge in [0.25, 0.3) is 5.91 Å². The maximum atomic E-state index is 12.6. The molecule has 1 aromatic carbocycles. The molecule has 0 spiro atoms. The highest BCUT2D eigenvalue weighted by molar-refractivity contribution is 6.03. The predicted octanol–water partition coefficient (Wildman–Crippen LogP) is 3.29. The molecular formula is C21H24N2O3. The summed E-state index contributed by atoms with van der Waals surface area (Å²) < 4.78 is 5.72. The number of carbonyl (C=O) groups excluding carboxylic acids is 2. The summed E-state index contributed by atoms with van der Waals surface area (Å²) in [5.74, 6) is 0.824. The highest BCUT2D eigenvalue weighted by atomic mass is 16.4. The zero-order valence-corrected chi connectivity index (χ0v) is 15.3. The maximum Gasteiger partial charge on any atom is 0.287 e. The molecule has 1 N–H and O–H groups in total. The van der Waals surface area contributed by atoms with Gasteiger partial charge in [-0.15, -0.1) is 0 Å². The van der Waals surface area contributed by atoms with Crippen molar-refractivity contribution in [1.29, 1.82) is 0 Å². The van der Waals surface area contributed by atoms with Gasteiger partial charge in [0.1, 0.15) is 5.76 Å². The van der Waals surface area contributed by atoms with Gasteiger partial charge >= 0.3 is 0 Å². The molecule has 0 bridgehead atoms. The molecule has 2 heterocycles. The fraction of sp³-hybridized carbons (Fsp3) is 0.429. The standard InChI is InChI=1S/C21H24N2O3/c1-13-12-15-6-3-4-7-16(15)23(13)11-10-22-21(25)20-14(2)19-17(24)8-5-9-18(19)26-20/h3-4,6-7,13H,5,8-12H2,1-2H3,(H,22,25)/t13-/m0/s1. The molecule has 0 saturated heterocycles. The van der Waals surface area contributed by atoms with Gasteiger partial charge in [-0.3, -0.25) is 9.59 Å². The third kappa shape index (κ3) is 2.81. The first-order chi connectivity index (χ1) is 12.6. The molecule has 1 aromatic heterocycles. The Morgan fingerprint density at radius 3 is 2.92 bits per heavy atom. The molecule has 0 unspecified atom stereocenters. The normalized spacial score (nSPS) is 18.6. The van der Waals surface area contributed by atoms with Crippen molar-refractivity contribution in [3.63, 3.8) is 0 Å². The number of ketones is 1. The van der Waals surface area contributed by atoms with Gasteiger partial charge in [-0.2, -0.15) is 0 Å². The van der Waals surface area contributed by atoms with Gasteiger partial charge in [-0.1, -0.05) is 18.2 Å². The van der Waals surface area contributed by atoms with Crippen LogP contribution in [0.5, 0.6) is 0 Å². The number of nitrogens with one attached hydrogen (secondary N) is 1. The zero-order valence-electron chi connectivity index (χ0n) is 15.3. The summed E-state index contributed by atoms with van der Waals surface area (Å²) in [5.41, 5.74) is 3.93. The van der Waals surface area contributed by atoms with Gasteiger partial charge < -0.3 is 14.6 Å². The number of furan rings is 1. The second kappa shape index (κ2) is 6.63. The van der Waals surface area contributed by atoms with E-state index in [0.717, 1.165) is 25.8 Å². The van der Waals surface area contributed by atoms with Gasteiger partial charge in [0, 0.05) is 43.2 Å². The number of Topliss-reactive ketones (excluding diaryl/α,β-unsaturated/α-hetero) is 1. The van der Waals surface area contributed by atoms with Crippen LogP contribution in [0.1, 0.15) is 57.6 Å². The number of benzene rings is 1. The van der Waals surface area contributed by atoms with Gasteiger partial charge in [0.05, 0.1) is 5.56 Å². The Kier molecular flexibility index (Phi) is 4.31. The second-order valence-corrected chi connectivity index (χ2v) is 7.26.